The molecule has 4 heteroatoms. The van der Waals surface area contributed by atoms with Gasteiger partial charge in [-0.25, -0.2) is 0 Å². The van der Waals surface area contributed by atoms with Crippen molar-refractivity contribution in [2.45, 2.75) is 33.1 Å². The molecule has 0 bridgehead atoms. The third kappa shape index (κ3) is 9.53. The van der Waals surface area contributed by atoms with E-state index < -0.39 is 0 Å². The van der Waals surface area contributed by atoms with Crippen LogP contribution in [0.15, 0.2) is 4.99 Å². The number of hydrogen-bond acceptors (Lipinski definition) is 2. The molecule has 0 saturated carbocycles. The Balaban J connectivity index is 3.37. The minimum atomic E-state index is 0.795. The zero-order valence-electron chi connectivity index (χ0n) is 10.3. The van der Waals surface area contributed by atoms with Crippen LogP contribution < -0.4 is 10.6 Å². The molecule has 0 aliphatic heterocycles. The molecule has 0 atom stereocenters. The minimum absolute atomic E-state index is 0.795. The fraction of sp³-hybridized carbons (Fsp3) is 0.909. The van der Waals surface area contributed by atoms with Crippen LogP contribution in [-0.2, 0) is 4.74 Å². The SMILES string of the molecule is CCCCNC(=NC)NCCCOCC. The van der Waals surface area contributed by atoms with Crippen LogP contribution in [0.3, 0.4) is 0 Å². The maximum Gasteiger partial charge on any atom is 0.190 e. The van der Waals surface area contributed by atoms with E-state index in [9.17, 15) is 0 Å². The summed E-state index contributed by atoms with van der Waals surface area (Å²) in [5.41, 5.74) is 0. The molecule has 0 rings (SSSR count). The molecule has 0 fully saturated rings. The van der Waals surface area contributed by atoms with E-state index in [-0.39, 0.29) is 0 Å². The van der Waals surface area contributed by atoms with E-state index in [0.29, 0.717) is 0 Å². The molecular formula is C11H25N3O. The standard InChI is InChI=1S/C11H25N3O/c1-4-6-8-13-11(12-3)14-9-7-10-15-5-2/h4-10H2,1-3H3,(H2,12,13,14). The maximum absolute atomic E-state index is 5.25. The molecular weight excluding hydrogens is 190 g/mol. The Morgan fingerprint density at radius 1 is 1.13 bits per heavy atom. The first kappa shape index (κ1) is 14.2. The van der Waals surface area contributed by atoms with E-state index in [1.54, 1.807) is 7.05 Å². The highest BCUT2D eigenvalue weighted by molar-refractivity contribution is 5.79. The lowest BCUT2D eigenvalue weighted by atomic mass is 10.3. The van der Waals surface area contributed by atoms with E-state index in [2.05, 4.69) is 22.5 Å². The van der Waals surface area contributed by atoms with Crippen LogP contribution in [0.25, 0.3) is 0 Å². The van der Waals surface area contributed by atoms with E-state index >= 15 is 0 Å². The van der Waals surface area contributed by atoms with Crippen molar-refractivity contribution in [1.29, 1.82) is 0 Å². The Morgan fingerprint density at radius 2 is 1.80 bits per heavy atom. The van der Waals surface area contributed by atoms with Gasteiger partial charge >= 0.3 is 0 Å². The van der Waals surface area contributed by atoms with Crippen molar-refractivity contribution in [3.63, 3.8) is 0 Å². The molecule has 0 amide bonds. The smallest absolute Gasteiger partial charge is 0.190 e. The molecule has 0 aromatic rings. The molecule has 0 radical (unpaired) electrons. The number of guanidine groups is 1. The van der Waals surface area contributed by atoms with E-state index in [1.165, 1.54) is 12.8 Å². The van der Waals surface area contributed by atoms with Gasteiger partial charge < -0.3 is 15.4 Å². The molecule has 0 spiro atoms. The van der Waals surface area contributed by atoms with E-state index in [1.807, 2.05) is 6.92 Å². The van der Waals surface area contributed by atoms with Crippen LogP contribution in [0.4, 0.5) is 0 Å². The highest BCUT2D eigenvalue weighted by Crippen LogP contribution is 1.83. The predicted molar refractivity (Wildman–Crippen MR) is 65.4 cm³/mol. The first-order chi connectivity index (χ1) is 7.35. The number of aliphatic imine (C=N–C) groups is 1. The van der Waals surface area contributed by atoms with Crippen LogP contribution in [0.5, 0.6) is 0 Å². The molecule has 0 heterocycles. The monoisotopic (exact) mass is 215 g/mol. The quantitative estimate of drug-likeness (QED) is 0.365. The van der Waals surface area contributed by atoms with Crippen molar-refractivity contribution in [2.75, 3.05) is 33.4 Å². The lowest BCUT2D eigenvalue weighted by Crippen LogP contribution is -2.38. The molecule has 0 unspecified atom stereocenters. The average molecular weight is 215 g/mol. The van der Waals surface area contributed by atoms with E-state index in [0.717, 1.165) is 38.7 Å². The molecule has 0 aromatic carbocycles. The fourth-order valence-electron chi connectivity index (χ4n) is 1.13. The van der Waals surface area contributed by atoms with Crippen LogP contribution in [0.2, 0.25) is 0 Å². The Hall–Kier alpha value is -0.770. The number of nitrogens with zero attached hydrogens (tertiary/aromatic N) is 1. The highest BCUT2D eigenvalue weighted by Gasteiger charge is 1.95. The second-order valence-corrected chi connectivity index (χ2v) is 3.33. The molecule has 4 nitrogen and oxygen atoms in total. The summed E-state index contributed by atoms with van der Waals surface area (Å²) in [5.74, 6) is 0.889. The van der Waals surface area contributed by atoms with Crippen molar-refractivity contribution in [1.82, 2.24) is 10.6 Å². The van der Waals surface area contributed by atoms with Crippen LogP contribution in [0.1, 0.15) is 33.1 Å². The Bertz CT molecular complexity index is 160. The lowest BCUT2D eigenvalue weighted by Gasteiger charge is -2.11. The van der Waals surface area contributed by atoms with Gasteiger partial charge in [-0.05, 0) is 19.8 Å². The normalized spacial score (nSPS) is 11.5. The summed E-state index contributed by atoms with van der Waals surface area (Å²) in [6.45, 7) is 7.70. The number of nitrogens with one attached hydrogen (secondary N) is 2. The average Bonchev–Trinajstić information content (AvgIpc) is 2.26. The second kappa shape index (κ2) is 11.3. The highest BCUT2D eigenvalue weighted by atomic mass is 16.5. The van der Waals surface area contributed by atoms with Crippen LogP contribution in [0, 0.1) is 0 Å². The van der Waals surface area contributed by atoms with Gasteiger partial charge in [0.15, 0.2) is 5.96 Å². The largest absolute Gasteiger partial charge is 0.382 e. The summed E-state index contributed by atoms with van der Waals surface area (Å²) in [4.78, 5) is 4.13. The van der Waals surface area contributed by atoms with Crippen molar-refractivity contribution in [3.8, 4) is 0 Å². The lowest BCUT2D eigenvalue weighted by molar-refractivity contribution is 0.145. The molecule has 0 saturated heterocycles. The Labute approximate surface area is 93.5 Å². The fourth-order valence-corrected chi connectivity index (χ4v) is 1.13. The van der Waals surface area contributed by atoms with Gasteiger partial charge in [0, 0.05) is 33.4 Å². The summed E-state index contributed by atoms with van der Waals surface area (Å²) in [5, 5.41) is 6.51. The third-order valence-electron chi connectivity index (χ3n) is 2.01. The molecule has 2 N–H and O–H groups in total. The van der Waals surface area contributed by atoms with Gasteiger partial charge in [-0.3, -0.25) is 4.99 Å². The van der Waals surface area contributed by atoms with Gasteiger partial charge in [0.1, 0.15) is 0 Å². The molecule has 90 valence electrons. The number of ether oxygens (including phenoxy) is 1. The van der Waals surface area contributed by atoms with Crippen LogP contribution in [-0.4, -0.2) is 39.3 Å². The summed E-state index contributed by atoms with van der Waals surface area (Å²) in [7, 11) is 1.80. The number of hydrogen-bond donors (Lipinski definition) is 2. The predicted octanol–water partition coefficient (Wildman–Crippen LogP) is 1.38. The summed E-state index contributed by atoms with van der Waals surface area (Å²) < 4.78 is 5.25. The molecule has 0 aliphatic rings. The second-order valence-electron chi connectivity index (χ2n) is 3.33. The van der Waals surface area contributed by atoms with E-state index in [4.69, 9.17) is 4.74 Å². The topological polar surface area (TPSA) is 45.7 Å². The van der Waals surface area contributed by atoms with Crippen molar-refractivity contribution < 1.29 is 4.74 Å². The van der Waals surface area contributed by atoms with Gasteiger partial charge in [0.05, 0.1) is 0 Å². The molecule has 15 heavy (non-hydrogen) atoms. The number of unbranched alkanes of at least 4 members (excludes halogenated alkanes) is 1. The van der Waals surface area contributed by atoms with Gasteiger partial charge in [-0.1, -0.05) is 13.3 Å². The Morgan fingerprint density at radius 3 is 2.33 bits per heavy atom. The first-order valence-corrected chi connectivity index (χ1v) is 5.87. The summed E-state index contributed by atoms with van der Waals surface area (Å²) in [6.07, 6.45) is 3.40. The maximum atomic E-state index is 5.25. The van der Waals surface area contributed by atoms with Gasteiger partial charge in [0.2, 0.25) is 0 Å². The third-order valence-corrected chi connectivity index (χ3v) is 2.01. The summed E-state index contributed by atoms with van der Waals surface area (Å²) in [6, 6.07) is 0. The first-order valence-electron chi connectivity index (χ1n) is 5.87. The van der Waals surface area contributed by atoms with Crippen molar-refractivity contribution in [2.24, 2.45) is 4.99 Å². The Kier molecular flexibility index (Phi) is 10.7. The van der Waals surface area contributed by atoms with Crippen molar-refractivity contribution >= 4 is 5.96 Å². The van der Waals surface area contributed by atoms with Crippen LogP contribution >= 0.6 is 0 Å². The molecule has 0 aliphatic carbocycles. The zero-order chi connectivity index (χ0) is 11.4. The van der Waals surface area contributed by atoms with Gasteiger partial charge in [-0.2, -0.15) is 0 Å². The summed E-state index contributed by atoms with van der Waals surface area (Å²) >= 11 is 0. The zero-order valence-corrected chi connectivity index (χ0v) is 10.3. The minimum Gasteiger partial charge on any atom is -0.382 e. The van der Waals surface area contributed by atoms with Crippen molar-refractivity contribution in [3.05, 3.63) is 0 Å². The van der Waals surface area contributed by atoms with Gasteiger partial charge in [0.25, 0.3) is 0 Å². The molecule has 0 aromatic heterocycles. The van der Waals surface area contributed by atoms with Gasteiger partial charge in [-0.15, -0.1) is 0 Å². The number of rotatable bonds is 8.